The lowest BCUT2D eigenvalue weighted by Gasteiger charge is -2.48. The second kappa shape index (κ2) is 3.45. The minimum atomic E-state index is 0.464. The average Bonchev–Trinajstić information content (AvgIpc) is 2.74. The number of aromatic nitrogens is 1. The number of hydrogen-bond donors (Lipinski definition) is 0. The van der Waals surface area contributed by atoms with E-state index in [1.54, 1.807) is 0 Å². The number of nitrogens with zero attached hydrogens (tertiary/aromatic N) is 3. The molecule has 3 nitrogen and oxygen atoms in total. The Morgan fingerprint density at radius 1 is 1.25 bits per heavy atom. The molecule has 1 aromatic rings. The number of hydrogen-bond acceptors (Lipinski definition) is 3. The second-order valence-electron chi connectivity index (χ2n) is 5.20. The molecule has 86 valence electrons. The first-order valence-electron chi connectivity index (χ1n) is 6.10. The highest BCUT2D eigenvalue weighted by molar-refractivity contribution is 5.42. The Bertz CT molecular complexity index is 404. The summed E-state index contributed by atoms with van der Waals surface area (Å²) in [6.45, 7) is 5.63. The molecule has 2 saturated heterocycles. The van der Waals surface area contributed by atoms with Crippen molar-refractivity contribution in [2.24, 2.45) is 0 Å². The lowest BCUT2D eigenvalue weighted by atomic mass is 9.85. The molecule has 2 aliphatic rings. The fourth-order valence-electron chi connectivity index (χ4n) is 2.92. The van der Waals surface area contributed by atoms with Crippen LogP contribution >= 0.6 is 0 Å². The van der Waals surface area contributed by atoms with Gasteiger partial charge in [0, 0.05) is 30.9 Å². The quantitative estimate of drug-likeness (QED) is 0.713. The van der Waals surface area contributed by atoms with E-state index in [0.717, 1.165) is 24.6 Å². The van der Waals surface area contributed by atoms with Crippen molar-refractivity contribution >= 4 is 5.82 Å². The highest BCUT2D eigenvalue weighted by Gasteiger charge is 2.47. The van der Waals surface area contributed by atoms with E-state index in [-0.39, 0.29) is 0 Å². The first kappa shape index (κ1) is 10.1. The van der Waals surface area contributed by atoms with Gasteiger partial charge < -0.3 is 4.90 Å². The van der Waals surface area contributed by atoms with Crippen LogP contribution in [0.4, 0.5) is 5.82 Å². The maximum Gasteiger partial charge on any atom is 0.128 e. The molecule has 16 heavy (non-hydrogen) atoms. The maximum absolute atomic E-state index is 4.61. The molecular formula is C13H19N3. The van der Waals surface area contributed by atoms with Gasteiger partial charge in [-0.25, -0.2) is 4.98 Å². The van der Waals surface area contributed by atoms with Crippen LogP contribution in [0.25, 0.3) is 0 Å². The van der Waals surface area contributed by atoms with Crippen LogP contribution in [0.3, 0.4) is 0 Å². The summed E-state index contributed by atoms with van der Waals surface area (Å²) in [5.74, 6) is 1.15. The molecule has 1 atom stereocenters. The molecule has 0 saturated carbocycles. The summed E-state index contributed by atoms with van der Waals surface area (Å²) < 4.78 is 0. The van der Waals surface area contributed by atoms with Crippen molar-refractivity contribution in [2.75, 3.05) is 31.6 Å². The minimum absolute atomic E-state index is 0.464. The lowest BCUT2D eigenvalue weighted by Crippen LogP contribution is -2.59. The van der Waals surface area contributed by atoms with E-state index in [9.17, 15) is 0 Å². The van der Waals surface area contributed by atoms with Gasteiger partial charge in [-0.2, -0.15) is 0 Å². The van der Waals surface area contributed by atoms with Crippen molar-refractivity contribution < 1.29 is 0 Å². The summed E-state index contributed by atoms with van der Waals surface area (Å²) in [7, 11) is 2.25. The smallest absolute Gasteiger partial charge is 0.128 e. The molecule has 2 aliphatic heterocycles. The summed E-state index contributed by atoms with van der Waals surface area (Å²) in [4.78, 5) is 9.55. The third-order valence-corrected chi connectivity index (χ3v) is 4.25. The molecular weight excluding hydrogens is 198 g/mol. The SMILES string of the molecule is Cc1cccc(N2CCC3(CCN3C)C2)n1. The summed E-state index contributed by atoms with van der Waals surface area (Å²) in [6.07, 6.45) is 2.64. The Kier molecular flexibility index (Phi) is 2.18. The summed E-state index contributed by atoms with van der Waals surface area (Å²) in [6, 6.07) is 6.29. The van der Waals surface area contributed by atoms with E-state index < -0.39 is 0 Å². The van der Waals surface area contributed by atoms with Gasteiger partial charge in [-0.05, 0) is 38.9 Å². The number of likely N-dealkylation sites (N-methyl/N-ethyl adjacent to an activating group) is 1. The third-order valence-electron chi connectivity index (χ3n) is 4.25. The Hall–Kier alpha value is -1.09. The first-order valence-corrected chi connectivity index (χ1v) is 6.10. The predicted octanol–water partition coefficient (Wildman–Crippen LogP) is 1.67. The highest BCUT2D eigenvalue weighted by Crippen LogP contribution is 2.38. The monoisotopic (exact) mass is 217 g/mol. The molecule has 1 unspecified atom stereocenters. The topological polar surface area (TPSA) is 19.4 Å². The van der Waals surface area contributed by atoms with E-state index in [4.69, 9.17) is 0 Å². The number of rotatable bonds is 1. The average molecular weight is 217 g/mol. The third kappa shape index (κ3) is 1.42. The standard InChI is InChI=1S/C13H19N3/c1-11-4-3-5-12(14-11)16-9-7-13(10-16)6-8-15(13)2/h3-5H,6-10H2,1-2H3. The van der Waals surface area contributed by atoms with Gasteiger partial charge in [-0.15, -0.1) is 0 Å². The summed E-state index contributed by atoms with van der Waals surface area (Å²) in [5.41, 5.74) is 1.58. The first-order chi connectivity index (χ1) is 7.70. The van der Waals surface area contributed by atoms with E-state index >= 15 is 0 Å². The Balaban J connectivity index is 1.79. The second-order valence-corrected chi connectivity index (χ2v) is 5.20. The van der Waals surface area contributed by atoms with Crippen LogP contribution in [0, 0.1) is 6.92 Å². The van der Waals surface area contributed by atoms with Crippen LogP contribution in [0.15, 0.2) is 18.2 Å². The normalized spacial score (nSPS) is 29.8. The van der Waals surface area contributed by atoms with Crippen LogP contribution in [0.5, 0.6) is 0 Å². The predicted molar refractivity (Wildman–Crippen MR) is 65.8 cm³/mol. The van der Waals surface area contributed by atoms with Crippen molar-refractivity contribution in [1.29, 1.82) is 0 Å². The number of aryl methyl sites for hydroxylation is 1. The summed E-state index contributed by atoms with van der Waals surface area (Å²) in [5, 5.41) is 0. The molecule has 3 rings (SSSR count). The molecule has 0 amide bonds. The fourth-order valence-corrected chi connectivity index (χ4v) is 2.92. The van der Waals surface area contributed by atoms with Crippen molar-refractivity contribution in [1.82, 2.24) is 9.88 Å². The number of likely N-dealkylation sites (tertiary alicyclic amines) is 1. The molecule has 1 aromatic heterocycles. The molecule has 0 aromatic carbocycles. The van der Waals surface area contributed by atoms with Gasteiger partial charge in [-0.1, -0.05) is 6.07 Å². The lowest BCUT2D eigenvalue weighted by molar-refractivity contribution is 0.0307. The van der Waals surface area contributed by atoms with Crippen molar-refractivity contribution in [3.63, 3.8) is 0 Å². The molecule has 0 N–H and O–H groups in total. The van der Waals surface area contributed by atoms with Crippen LogP contribution in [0.2, 0.25) is 0 Å². The molecule has 0 bridgehead atoms. The van der Waals surface area contributed by atoms with Crippen molar-refractivity contribution in [3.05, 3.63) is 23.9 Å². The molecule has 3 heterocycles. The molecule has 2 fully saturated rings. The van der Waals surface area contributed by atoms with E-state index in [1.165, 1.54) is 19.4 Å². The zero-order chi connectivity index (χ0) is 11.2. The maximum atomic E-state index is 4.61. The van der Waals surface area contributed by atoms with Crippen LogP contribution in [-0.4, -0.2) is 42.1 Å². The van der Waals surface area contributed by atoms with Gasteiger partial charge in [0.1, 0.15) is 5.82 Å². The Morgan fingerprint density at radius 2 is 2.06 bits per heavy atom. The van der Waals surface area contributed by atoms with Gasteiger partial charge in [0.05, 0.1) is 0 Å². The molecule has 0 aliphatic carbocycles. The Labute approximate surface area is 97.1 Å². The molecule has 3 heteroatoms. The van der Waals surface area contributed by atoms with Crippen LogP contribution in [-0.2, 0) is 0 Å². The van der Waals surface area contributed by atoms with Crippen molar-refractivity contribution in [3.8, 4) is 0 Å². The van der Waals surface area contributed by atoms with Gasteiger partial charge in [-0.3, -0.25) is 4.90 Å². The fraction of sp³-hybridized carbons (Fsp3) is 0.615. The van der Waals surface area contributed by atoms with Crippen LogP contribution < -0.4 is 4.90 Å². The highest BCUT2D eigenvalue weighted by atomic mass is 15.3. The Morgan fingerprint density at radius 3 is 2.62 bits per heavy atom. The van der Waals surface area contributed by atoms with Crippen LogP contribution in [0.1, 0.15) is 18.5 Å². The van der Waals surface area contributed by atoms with Gasteiger partial charge in [0.25, 0.3) is 0 Å². The summed E-state index contributed by atoms with van der Waals surface area (Å²) >= 11 is 0. The molecule has 0 radical (unpaired) electrons. The zero-order valence-corrected chi connectivity index (χ0v) is 10.1. The number of anilines is 1. The van der Waals surface area contributed by atoms with Gasteiger partial charge in [0.2, 0.25) is 0 Å². The van der Waals surface area contributed by atoms with E-state index in [0.29, 0.717) is 5.54 Å². The minimum Gasteiger partial charge on any atom is -0.355 e. The van der Waals surface area contributed by atoms with E-state index in [2.05, 4.69) is 47.0 Å². The van der Waals surface area contributed by atoms with Gasteiger partial charge >= 0.3 is 0 Å². The zero-order valence-electron chi connectivity index (χ0n) is 10.1. The largest absolute Gasteiger partial charge is 0.355 e. The van der Waals surface area contributed by atoms with Crippen molar-refractivity contribution in [2.45, 2.75) is 25.3 Å². The van der Waals surface area contributed by atoms with E-state index in [1.807, 2.05) is 0 Å². The molecule has 1 spiro atoms. The van der Waals surface area contributed by atoms with Gasteiger partial charge in [0.15, 0.2) is 0 Å². The number of pyridine rings is 1.